The number of halogens is 3. The Morgan fingerprint density at radius 2 is 1.62 bits per heavy atom. The number of nitrogens with zero attached hydrogens (tertiary/aromatic N) is 1. The molecule has 2 nitrogen and oxygen atoms in total. The molecule has 0 amide bonds. The molecule has 0 aromatic heterocycles. The molecule has 0 aliphatic carbocycles. The number of carbonyl (C=O) groups excluding carboxylic acids is 1. The number of rotatable bonds is 2. The standard InChI is InChI=1S/C11H13F3NO/c1-6(16)7-5-8(12)10(14)11(9(7)13)15(2,3)4/h5H,1-4H3/q+1. The molecular formula is C11H13F3NO+. The third kappa shape index (κ3) is 2.09. The van der Waals surface area contributed by atoms with Crippen molar-refractivity contribution in [3.63, 3.8) is 0 Å². The van der Waals surface area contributed by atoms with Crippen molar-refractivity contribution in [3.8, 4) is 0 Å². The molecule has 0 radical (unpaired) electrons. The van der Waals surface area contributed by atoms with E-state index in [0.717, 1.165) is 6.92 Å². The minimum atomic E-state index is -1.25. The molecule has 0 saturated carbocycles. The number of hydrogen-bond acceptors (Lipinski definition) is 1. The summed E-state index contributed by atoms with van der Waals surface area (Å²) >= 11 is 0. The van der Waals surface area contributed by atoms with Crippen molar-refractivity contribution in [2.24, 2.45) is 0 Å². The predicted octanol–water partition coefficient (Wildman–Crippen LogP) is 2.50. The first-order valence-corrected chi connectivity index (χ1v) is 4.66. The number of carbonyl (C=O) groups is 1. The van der Waals surface area contributed by atoms with E-state index < -0.39 is 34.5 Å². The Bertz CT molecular complexity index is 450. The highest BCUT2D eigenvalue weighted by atomic mass is 19.2. The third-order valence-electron chi connectivity index (χ3n) is 2.18. The summed E-state index contributed by atoms with van der Waals surface area (Å²) in [4.78, 5) is 11.1. The Hall–Kier alpha value is -1.36. The predicted molar refractivity (Wildman–Crippen MR) is 55.9 cm³/mol. The number of benzene rings is 1. The highest BCUT2D eigenvalue weighted by Gasteiger charge is 2.30. The lowest BCUT2D eigenvalue weighted by molar-refractivity contribution is 0.101. The summed E-state index contributed by atoms with van der Waals surface area (Å²) < 4.78 is 40.2. The maximum atomic E-state index is 13.8. The quantitative estimate of drug-likeness (QED) is 0.435. The molecule has 0 saturated heterocycles. The van der Waals surface area contributed by atoms with Gasteiger partial charge in [0.1, 0.15) is 0 Å². The third-order valence-corrected chi connectivity index (χ3v) is 2.18. The maximum absolute atomic E-state index is 13.8. The lowest BCUT2D eigenvalue weighted by atomic mass is 10.1. The van der Waals surface area contributed by atoms with Crippen LogP contribution in [0.2, 0.25) is 0 Å². The molecule has 0 N–H and O–H groups in total. The van der Waals surface area contributed by atoms with Gasteiger partial charge in [-0.15, -0.1) is 0 Å². The molecule has 16 heavy (non-hydrogen) atoms. The number of Topliss-reactive ketones (excluding diaryl/α,β-unsaturated/α-hetero) is 1. The number of hydrogen-bond donors (Lipinski definition) is 0. The second kappa shape index (κ2) is 3.90. The molecule has 0 unspecified atom stereocenters. The first-order valence-electron chi connectivity index (χ1n) is 4.66. The van der Waals surface area contributed by atoms with Crippen molar-refractivity contribution in [2.45, 2.75) is 6.92 Å². The summed E-state index contributed by atoms with van der Waals surface area (Å²) in [6.07, 6.45) is 0. The summed E-state index contributed by atoms with van der Waals surface area (Å²) in [5.74, 6) is -4.10. The van der Waals surface area contributed by atoms with Gasteiger partial charge in [0.25, 0.3) is 0 Å². The Morgan fingerprint density at radius 3 is 2.00 bits per heavy atom. The van der Waals surface area contributed by atoms with Gasteiger partial charge in [-0.25, -0.2) is 4.39 Å². The summed E-state index contributed by atoms with van der Waals surface area (Å²) in [6.45, 7) is 1.11. The van der Waals surface area contributed by atoms with Crippen molar-refractivity contribution in [1.29, 1.82) is 0 Å². The van der Waals surface area contributed by atoms with Crippen molar-refractivity contribution in [3.05, 3.63) is 29.1 Å². The van der Waals surface area contributed by atoms with Crippen LogP contribution in [0.5, 0.6) is 0 Å². The molecule has 88 valence electrons. The second-order valence-electron chi connectivity index (χ2n) is 4.45. The second-order valence-corrected chi connectivity index (χ2v) is 4.45. The van der Waals surface area contributed by atoms with Gasteiger partial charge >= 0.3 is 0 Å². The summed E-state index contributed by atoms with van der Waals surface area (Å²) in [5, 5.41) is 0. The van der Waals surface area contributed by atoms with E-state index in [4.69, 9.17) is 0 Å². The average molecular weight is 232 g/mol. The molecule has 1 aromatic carbocycles. The van der Waals surface area contributed by atoms with Crippen LogP contribution < -0.4 is 4.48 Å². The molecule has 0 aliphatic rings. The lowest BCUT2D eigenvalue weighted by Gasteiger charge is -2.24. The van der Waals surface area contributed by atoms with Gasteiger partial charge in [-0.1, -0.05) is 0 Å². The normalized spacial score (nSPS) is 11.7. The zero-order valence-corrected chi connectivity index (χ0v) is 9.57. The summed E-state index contributed by atoms with van der Waals surface area (Å²) in [7, 11) is 4.47. The Kier molecular flexibility index (Phi) is 3.10. The Morgan fingerprint density at radius 1 is 1.12 bits per heavy atom. The highest BCUT2D eigenvalue weighted by Crippen LogP contribution is 2.30. The lowest BCUT2D eigenvalue weighted by Crippen LogP contribution is -2.37. The topological polar surface area (TPSA) is 17.1 Å². The maximum Gasteiger partial charge on any atom is 0.222 e. The van der Waals surface area contributed by atoms with Crippen LogP contribution in [0.4, 0.5) is 18.9 Å². The fourth-order valence-electron chi connectivity index (χ4n) is 1.44. The van der Waals surface area contributed by atoms with E-state index in [1.807, 2.05) is 0 Å². The van der Waals surface area contributed by atoms with Gasteiger partial charge in [-0.2, -0.15) is 8.78 Å². The van der Waals surface area contributed by atoms with E-state index in [2.05, 4.69) is 0 Å². The van der Waals surface area contributed by atoms with Gasteiger partial charge in [-0.3, -0.25) is 9.28 Å². The summed E-state index contributed by atoms with van der Waals surface area (Å²) in [5.41, 5.74) is -0.882. The monoisotopic (exact) mass is 232 g/mol. The van der Waals surface area contributed by atoms with E-state index in [0.29, 0.717) is 6.07 Å². The molecule has 1 aromatic rings. The largest absolute Gasteiger partial charge is 0.294 e. The fraction of sp³-hybridized carbons (Fsp3) is 0.364. The van der Waals surface area contributed by atoms with Gasteiger partial charge in [0.05, 0.1) is 26.7 Å². The van der Waals surface area contributed by atoms with Crippen LogP contribution >= 0.6 is 0 Å². The van der Waals surface area contributed by atoms with Gasteiger partial charge < -0.3 is 0 Å². The molecule has 0 aliphatic heterocycles. The zero-order chi connectivity index (χ0) is 12.7. The van der Waals surface area contributed by atoms with E-state index >= 15 is 0 Å². The van der Waals surface area contributed by atoms with Crippen molar-refractivity contribution in [2.75, 3.05) is 21.1 Å². The SMILES string of the molecule is CC(=O)c1cc(F)c(F)c([N+](C)(C)C)c1F. The summed E-state index contributed by atoms with van der Waals surface area (Å²) in [6, 6.07) is 0.589. The first-order chi connectivity index (χ1) is 7.16. The highest BCUT2D eigenvalue weighted by molar-refractivity contribution is 5.95. The van der Waals surface area contributed by atoms with Crippen molar-refractivity contribution in [1.82, 2.24) is 4.48 Å². The van der Waals surface area contributed by atoms with Crippen LogP contribution in [-0.4, -0.2) is 26.9 Å². The van der Waals surface area contributed by atoms with Gasteiger partial charge in [-0.05, 0) is 13.0 Å². The minimum absolute atomic E-state index is 0.240. The van der Waals surface area contributed by atoms with Crippen molar-refractivity contribution < 1.29 is 18.0 Å². The molecule has 5 heteroatoms. The molecule has 0 atom stereocenters. The van der Waals surface area contributed by atoms with Crippen LogP contribution in [0.1, 0.15) is 17.3 Å². The molecule has 0 fully saturated rings. The molecule has 0 bridgehead atoms. The van der Waals surface area contributed by atoms with Crippen LogP contribution in [0.3, 0.4) is 0 Å². The van der Waals surface area contributed by atoms with Crippen molar-refractivity contribution >= 4 is 11.5 Å². The molecule has 0 spiro atoms. The van der Waals surface area contributed by atoms with Crippen LogP contribution in [0.15, 0.2) is 6.07 Å². The molecular weight excluding hydrogens is 219 g/mol. The van der Waals surface area contributed by atoms with Crippen LogP contribution in [0, 0.1) is 17.5 Å². The molecule has 0 heterocycles. The van der Waals surface area contributed by atoms with E-state index in [-0.39, 0.29) is 4.48 Å². The van der Waals surface area contributed by atoms with Crippen LogP contribution in [-0.2, 0) is 0 Å². The van der Waals surface area contributed by atoms with E-state index in [1.165, 1.54) is 21.1 Å². The van der Waals surface area contributed by atoms with E-state index in [9.17, 15) is 18.0 Å². The Labute approximate surface area is 91.9 Å². The minimum Gasteiger partial charge on any atom is -0.294 e. The van der Waals surface area contributed by atoms with Gasteiger partial charge in [0.15, 0.2) is 17.4 Å². The molecule has 1 rings (SSSR count). The fourth-order valence-corrected chi connectivity index (χ4v) is 1.44. The van der Waals surface area contributed by atoms with Gasteiger partial charge in [0.2, 0.25) is 11.5 Å². The smallest absolute Gasteiger partial charge is 0.222 e. The van der Waals surface area contributed by atoms with Crippen LogP contribution in [0.25, 0.3) is 0 Å². The average Bonchev–Trinajstić information content (AvgIpc) is 2.08. The van der Waals surface area contributed by atoms with E-state index in [1.54, 1.807) is 0 Å². The number of quaternary nitrogens is 1. The number of ketones is 1. The van der Waals surface area contributed by atoms with Gasteiger partial charge in [0, 0.05) is 0 Å². The zero-order valence-electron chi connectivity index (χ0n) is 9.57. The Balaban J connectivity index is 3.66. The first kappa shape index (κ1) is 12.7.